The first-order valence-corrected chi connectivity index (χ1v) is 7.56. The second kappa shape index (κ2) is 7.45. The van der Waals surface area contributed by atoms with Gasteiger partial charge in [-0.2, -0.15) is 17.0 Å². The molecule has 1 aromatic rings. The van der Waals surface area contributed by atoms with E-state index >= 15 is 0 Å². The molecule has 0 bridgehead atoms. The molecule has 0 aliphatic carbocycles. The Labute approximate surface area is 115 Å². The van der Waals surface area contributed by atoms with E-state index in [1.54, 1.807) is 0 Å². The second-order valence-corrected chi connectivity index (χ2v) is 5.87. The van der Waals surface area contributed by atoms with Crippen LogP contribution in [0.2, 0.25) is 0 Å². The highest BCUT2D eigenvalue weighted by Crippen LogP contribution is 2.28. The van der Waals surface area contributed by atoms with Crippen molar-refractivity contribution in [1.82, 2.24) is 5.32 Å². The molecule has 0 amide bonds. The van der Waals surface area contributed by atoms with Gasteiger partial charge in [-0.25, -0.2) is 0 Å². The summed E-state index contributed by atoms with van der Waals surface area (Å²) in [5, 5.41) is 13.6. The van der Waals surface area contributed by atoms with Crippen LogP contribution in [-0.4, -0.2) is 17.5 Å². The minimum Gasteiger partial charge on any atom is -0.295 e. The number of nitriles is 1. The Morgan fingerprint density at radius 1 is 1.33 bits per heavy atom. The molecule has 0 aliphatic heterocycles. The van der Waals surface area contributed by atoms with Gasteiger partial charge in [0.05, 0.1) is 6.07 Å². The molecule has 0 saturated carbocycles. The number of rotatable bonds is 7. The number of benzene rings is 1. The maximum Gasteiger partial charge on any atom is 0.141 e. The lowest BCUT2D eigenvalue weighted by atomic mass is 9.93. The van der Waals surface area contributed by atoms with Gasteiger partial charge in [-0.05, 0) is 18.5 Å². The van der Waals surface area contributed by atoms with E-state index in [1.807, 2.05) is 49.0 Å². The summed E-state index contributed by atoms with van der Waals surface area (Å²) < 4.78 is 0. The van der Waals surface area contributed by atoms with Gasteiger partial charge in [0.15, 0.2) is 0 Å². The van der Waals surface area contributed by atoms with Crippen molar-refractivity contribution in [2.45, 2.75) is 38.0 Å². The van der Waals surface area contributed by atoms with E-state index in [9.17, 15) is 5.26 Å². The van der Waals surface area contributed by atoms with Crippen molar-refractivity contribution in [2.75, 3.05) is 12.3 Å². The van der Waals surface area contributed by atoms with Crippen LogP contribution in [0.5, 0.6) is 0 Å². The number of hydrogen-bond donors (Lipinski definition) is 1. The Morgan fingerprint density at radius 3 is 2.50 bits per heavy atom. The van der Waals surface area contributed by atoms with Crippen molar-refractivity contribution in [1.29, 1.82) is 5.26 Å². The molecule has 2 nitrogen and oxygen atoms in total. The van der Waals surface area contributed by atoms with E-state index in [1.165, 1.54) is 0 Å². The molecule has 3 heteroatoms. The van der Waals surface area contributed by atoms with Gasteiger partial charge in [0.2, 0.25) is 0 Å². The van der Waals surface area contributed by atoms with Crippen LogP contribution in [0.1, 0.15) is 32.8 Å². The molecule has 1 aromatic carbocycles. The van der Waals surface area contributed by atoms with Crippen molar-refractivity contribution in [3.63, 3.8) is 0 Å². The summed E-state index contributed by atoms with van der Waals surface area (Å²) in [6.45, 7) is 7.23. The second-order valence-electron chi connectivity index (χ2n) is 4.44. The van der Waals surface area contributed by atoms with Crippen molar-refractivity contribution < 1.29 is 0 Å². The molecule has 0 fully saturated rings. The Bertz CT molecular complexity index is 385. The largest absolute Gasteiger partial charge is 0.295 e. The maximum atomic E-state index is 9.62. The third-order valence-electron chi connectivity index (χ3n) is 3.10. The third-order valence-corrected chi connectivity index (χ3v) is 4.60. The summed E-state index contributed by atoms with van der Waals surface area (Å²) in [6, 6.07) is 12.5. The minimum absolute atomic E-state index is 0.565. The molecule has 0 saturated heterocycles. The molecule has 98 valence electrons. The summed E-state index contributed by atoms with van der Waals surface area (Å²) in [6.07, 6.45) is 1.13. The zero-order valence-electron chi connectivity index (χ0n) is 11.4. The summed E-state index contributed by atoms with van der Waals surface area (Å²) in [4.78, 5) is 0. The van der Waals surface area contributed by atoms with Gasteiger partial charge in [-0.15, -0.1) is 0 Å². The number of nitrogens with zero attached hydrogens (tertiary/aromatic N) is 1. The number of thioether (sulfide) groups is 1. The van der Waals surface area contributed by atoms with E-state index in [0.29, 0.717) is 5.25 Å². The molecular formula is C15H22N2S. The first kappa shape index (κ1) is 15.1. The van der Waals surface area contributed by atoms with Crippen molar-refractivity contribution in [3.05, 3.63) is 35.9 Å². The van der Waals surface area contributed by atoms with Crippen molar-refractivity contribution >= 4 is 11.8 Å². The zero-order valence-corrected chi connectivity index (χ0v) is 12.3. The summed E-state index contributed by atoms with van der Waals surface area (Å²) in [5.41, 5.74) is 0.495. The Balaban J connectivity index is 2.92. The van der Waals surface area contributed by atoms with Crippen LogP contribution in [0, 0.1) is 11.3 Å². The Morgan fingerprint density at radius 2 is 2.00 bits per heavy atom. The van der Waals surface area contributed by atoms with Crippen LogP contribution in [-0.2, 0) is 5.54 Å². The van der Waals surface area contributed by atoms with Gasteiger partial charge < -0.3 is 0 Å². The smallest absolute Gasteiger partial charge is 0.141 e. The summed E-state index contributed by atoms with van der Waals surface area (Å²) in [7, 11) is 0. The van der Waals surface area contributed by atoms with Gasteiger partial charge >= 0.3 is 0 Å². The SMILES string of the molecule is CCNC(C#N)(CSC(C)CC)c1ccccc1. The Kier molecular flexibility index (Phi) is 6.24. The number of nitrogens with one attached hydrogen (secondary N) is 1. The predicted octanol–water partition coefficient (Wildman–Crippen LogP) is 3.55. The average molecular weight is 262 g/mol. The maximum absolute atomic E-state index is 9.62. The molecule has 18 heavy (non-hydrogen) atoms. The minimum atomic E-state index is -0.565. The topological polar surface area (TPSA) is 35.8 Å². The normalized spacial score (nSPS) is 15.7. The standard InChI is InChI=1S/C15H22N2S/c1-4-13(3)18-12-15(11-16,17-5-2)14-9-7-6-8-10-14/h6-10,13,17H,4-5,12H2,1-3H3. The fourth-order valence-electron chi connectivity index (χ4n) is 1.78. The van der Waals surface area contributed by atoms with Crippen LogP contribution in [0.4, 0.5) is 0 Å². The predicted molar refractivity (Wildman–Crippen MR) is 79.6 cm³/mol. The van der Waals surface area contributed by atoms with Gasteiger partial charge in [-0.1, -0.05) is 51.1 Å². The van der Waals surface area contributed by atoms with Crippen LogP contribution in [0.25, 0.3) is 0 Å². The molecule has 0 aliphatic rings. The lowest BCUT2D eigenvalue weighted by Crippen LogP contribution is -2.43. The van der Waals surface area contributed by atoms with Crippen molar-refractivity contribution in [3.8, 4) is 6.07 Å². The molecule has 1 N–H and O–H groups in total. The van der Waals surface area contributed by atoms with Crippen molar-refractivity contribution in [2.24, 2.45) is 0 Å². The zero-order chi connectivity index (χ0) is 13.4. The van der Waals surface area contributed by atoms with Crippen LogP contribution >= 0.6 is 11.8 Å². The van der Waals surface area contributed by atoms with Gasteiger partial charge in [0.25, 0.3) is 0 Å². The first-order valence-electron chi connectivity index (χ1n) is 6.52. The molecule has 1 rings (SSSR count). The molecular weight excluding hydrogens is 240 g/mol. The molecule has 2 atom stereocenters. The lowest BCUT2D eigenvalue weighted by Gasteiger charge is -2.28. The molecule has 0 aromatic heterocycles. The fourth-order valence-corrected chi connectivity index (χ4v) is 2.89. The summed E-state index contributed by atoms with van der Waals surface area (Å²) >= 11 is 1.86. The van der Waals surface area contributed by atoms with E-state index in [0.717, 1.165) is 24.3 Å². The quantitative estimate of drug-likeness (QED) is 0.816. The van der Waals surface area contributed by atoms with Crippen LogP contribution < -0.4 is 5.32 Å². The van der Waals surface area contributed by atoms with Crippen LogP contribution in [0.15, 0.2) is 30.3 Å². The Hall–Kier alpha value is -0.980. The first-order chi connectivity index (χ1) is 8.68. The average Bonchev–Trinajstić information content (AvgIpc) is 2.44. The van der Waals surface area contributed by atoms with E-state index in [-0.39, 0.29) is 0 Å². The van der Waals surface area contributed by atoms with Gasteiger partial charge in [-0.3, -0.25) is 5.32 Å². The molecule has 0 heterocycles. The van der Waals surface area contributed by atoms with Gasteiger partial charge in [0, 0.05) is 11.0 Å². The fraction of sp³-hybridized carbons (Fsp3) is 0.533. The highest BCUT2D eigenvalue weighted by molar-refractivity contribution is 7.99. The van der Waals surface area contributed by atoms with E-state index < -0.39 is 5.54 Å². The molecule has 0 radical (unpaired) electrons. The third kappa shape index (κ3) is 3.76. The monoisotopic (exact) mass is 262 g/mol. The molecule has 0 spiro atoms. The number of hydrogen-bond acceptors (Lipinski definition) is 3. The lowest BCUT2D eigenvalue weighted by molar-refractivity contribution is 0.489. The van der Waals surface area contributed by atoms with E-state index in [4.69, 9.17) is 0 Å². The highest BCUT2D eigenvalue weighted by Gasteiger charge is 2.31. The van der Waals surface area contributed by atoms with Gasteiger partial charge in [0.1, 0.15) is 5.54 Å². The summed E-state index contributed by atoms with van der Waals surface area (Å²) in [5.74, 6) is 0.788. The van der Waals surface area contributed by atoms with Crippen LogP contribution in [0.3, 0.4) is 0 Å². The molecule has 2 unspecified atom stereocenters. The van der Waals surface area contributed by atoms with E-state index in [2.05, 4.69) is 25.2 Å². The highest BCUT2D eigenvalue weighted by atomic mass is 32.2.